The molecule has 0 saturated heterocycles. The maximum Gasteiger partial charge on any atom is 0.419 e. The molecule has 1 aromatic rings. The van der Waals surface area contributed by atoms with Crippen molar-refractivity contribution in [3.05, 3.63) is 35.1 Å². The Labute approximate surface area is 115 Å². The van der Waals surface area contributed by atoms with Gasteiger partial charge < -0.3 is 5.73 Å². The van der Waals surface area contributed by atoms with E-state index in [1.54, 1.807) is 0 Å². The first-order valence-corrected chi connectivity index (χ1v) is 6.60. The lowest BCUT2D eigenvalue weighted by atomic mass is 10.0. The van der Waals surface area contributed by atoms with Crippen LogP contribution in [0.1, 0.15) is 30.0 Å². The molecule has 1 aromatic carbocycles. The third kappa shape index (κ3) is 3.49. The summed E-state index contributed by atoms with van der Waals surface area (Å²) in [4.78, 5) is 1.95. The van der Waals surface area contributed by atoms with Crippen LogP contribution >= 0.6 is 0 Å². The average Bonchev–Trinajstić information content (AvgIpc) is 3.14. The molecule has 2 nitrogen and oxygen atoms in total. The quantitative estimate of drug-likeness (QED) is 0.844. The summed E-state index contributed by atoms with van der Waals surface area (Å²) in [7, 11) is 1.84. The molecule has 2 N–H and O–H groups in total. The van der Waals surface area contributed by atoms with Gasteiger partial charge in [-0.15, -0.1) is 0 Å². The maximum atomic E-state index is 13.3. The molecular weight excluding hydrogens is 272 g/mol. The minimum atomic E-state index is -4.69. The first kappa shape index (κ1) is 15.3. The molecule has 0 bridgehead atoms. The minimum absolute atomic E-state index is 0.201. The van der Waals surface area contributed by atoms with Crippen LogP contribution in [-0.2, 0) is 6.18 Å². The third-order valence-electron chi connectivity index (χ3n) is 3.68. The van der Waals surface area contributed by atoms with E-state index in [1.165, 1.54) is 6.07 Å². The molecule has 1 fully saturated rings. The summed E-state index contributed by atoms with van der Waals surface area (Å²) in [5, 5.41) is 0. The molecule has 0 spiro atoms. The molecule has 1 saturated carbocycles. The van der Waals surface area contributed by atoms with Crippen LogP contribution in [0.4, 0.5) is 17.6 Å². The summed E-state index contributed by atoms with van der Waals surface area (Å²) in [6.45, 7) is 1.01. The van der Waals surface area contributed by atoms with Crippen molar-refractivity contribution in [2.45, 2.75) is 25.1 Å². The van der Waals surface area contributed by atoms with E-state index in [-0.39, 0.29) is 12.6 Å². The number of halogens is 4. The van der Waals surface area contributed by atoms with Gasteiger partial charge in [0.15, 0.2) is 0 Å². The Morgan fingerprint density at radius 2 is 2.00 bits per heavy atom. The molecule has 0 radical (unpaired) electrons. The Kier molecular flexibility index (Phi) is 4.34. The van der Waals surface area contributed by atoms with E-state index in [1.807, 2.05) is 11.9 Å². The monoisotopic (exact) mass is 290 g/mol. The predicted octanol–water partition coefficient (Wildman–Crippen LogP) is 3.19. The second-order valence-corrected chi connectivity index (χ2v) is 5.37. The van der Waals surface area contributed by atoms with Gasteiger partial charge in [0.2, 0.25) is 0 Å². The largest absolute Gasteiger partial charge is 0.419 e. The van der Waals surface area contributed by atoms with Crippen molar-refractivity contribution in [2.75, 3.05) is 20.1 Å². The van der Waals surface area contributed by atoms with Crippen LogP contribution in [0, 0.1) is 11.7 Å². The van der Waals surface area contributed by atoms with Crippen LogP contribution in [0.15, 0.2) is 18.2 Å². The molecule has 0 aromatic heterocycles. The molecule has 1 aliphatic rings. The van der Waals surface area contributed by atoms with Crippen LogP contribution in [0.3, 0.4) is 0 Å². The van der Waals surface area contributed by atoms with E-state index in [0.717, 1.165) is 31.5 Å². The molecule has 0 heterocycles. The van der Waals surface area contributed by atoms with Gasteiger partial charge in [-0.3, -0.25) is 4.90 Å². The standard InChI is InChI=1S/C14H18F4N2/c1-20(8-9-2-3-9)13(7-19)10-4-5-12(15)11(6-10)14(16,17)18/h4-6,9,13H,2-3,7-8,19H2,1H3. The van der Waals surface area contributed by atoms with Crippen molar-refractivity contribution in [1.29, 1.82) is 0 Å². The normalized spacial score (nSPS) is 17.6. The topological polar surface area (TPSA) is 29.3 Å². The number of nitrogens with two attached hydrogens (primary N) is 1. The van der Waals surface area contributed by atoms with E-state index < -0.39 is 17.6 Å². The van der Waals surface area contributed by atoms with Crippen molar-refractivity contribution >= 4 is 0 Å². The lowest BCUT2D eigenvalue weighted by Crippen LogP contribution is -2.32. The zero-order valence-electron chi connectivity index (χ0n) is 11.3. The summed E-state index contributed by atoms with van der Waals surface area (Å²) < 4.78 is 51.5. The highest BCUT2D eigenvalue weighted by Gasteiger charge is 2.35. The zero-order chi connectivity index (χ0) is 14.9. The number of likely N-dealkylation sites (N-methyl/N-ethyl adjacent to an activating group) is 1. The van der Waals surface area contributed by atoms with Gasteiger partial charge in [0.05, 0.1) is 5.56 Å². The average molecular weight is 290 g/mol. The van der Waals surface area contributed by atoms with Crippen molar-refractivity contribution in [1.82, 2.24) is 4.90 Å². The summed E-state index contributed by atoms with van der Waals surface area (Å²) in [6.07, 6.45) is -2.38. The van der Waals surface area contributed by atoms with E-state index >= 15 is 0 Å². The van der Waals surface area contributed by atoms with Crippen LogP contribution in [-0.4, -0.2) is 25.0 Å². The highest BCUT2D eigenvalue weighted by molar-refractivity contribution is 5.29. The van der Waals surface area contributed by atoms with Gasteiger partial charge >= 0.3 is 6.18 Å². The number of alkyl halides is 3. The van der Waals surface area contributed by atoms with Crippen LogP contribution in [0.5, 0.6) is 0 Å². The van der Waals surface area contributed by atoms with Crippen molar-refractivity contribution in [3.63, 3.8) is 0 Å². The fraction of sp³-hybridized carbons (Fsp3) is 0.571. The molecule has 20 heavy (non-hydrogen) atoms. The van der Waals surface area contributed by atoms with Crippen molar-refractivity contribution in [3.8, 4) is 0 Å². The number of nitrogens with zero attached hydrogens (tertiary/aromatic N) is 1. The van der Waals surface area contributed by atoms with Crippen LogP contribution in [0.25, 0.3) is 0 Å². The first-order chi connectivity index (χ1) is 9.32. The van der Waals surface area contributed by atoms with Crippen LogP contribution < -0.4 is 5.73 Å². The lowest BCUT2D eigenvalue weighted by Gasteiger charge is -2.28. The fourth-order valence-corrected chi connectivity index (χ4v) is 2.37. The van der Waals surface area contributed by atoms with E-state index in [2.05, 4.69) is 0 Å². The van der Waals surface area contributed by atoms with Gasteiger partial charge in [0, 0.05) is 19.1 Å². The summed E-state index contributed by atoms with van der Waals surface area (Å²) >= 11 is 0. The molecular formula is C14H18F4N2. The smallest absolute Gasteiger partial charge is 0.329 e. The first-order valence-electron chi connectivity index (χ1n) is 6.60. The number of benzene rings is 1. The number of rotatable bonds is 5. The highest BCUT2D eigenvalue weighted by Crippen LogP contribution is 2.35. The van der Waals surface area contributed by atoms with Gasteiger partial charge in [-0.05, 0) is 43.5 Å². The van der Waals surface area contributed by atoms with Gasteiger partial charge in [-0.25, -0.2) is 4.39 Å². The fourth-order valence-electron chi connectivity index (χ4n) is 2.37. The summed E-state index contributed by atoms with van der Waals surface area (Å²) in [5.41, 5.74) is 4.86. The third-order valence-corrected chi connectivity index (χ3v) is 3.68. The van der Waals surface area contributed by atoms with Gasteiger partial charge in [-0.1, -0.05) is 6.07 Å². The Hall–Kier alpha value is -1.14. The molecule has 6 heteroatoms. The van der Waals surface area contributed by atoms with E-state index in [9.17, 15) is 17.6 Å². The summed E-state index contributed by atoms with van der Waals surface area (Å²) in [5.74, 6) is -0.640. The Morgan fingerprint density at radius 3 is 2.50 bits per heavy atom. The Balaban J connectivity index is 2.24. The SMILES string of the molecule is CN(CC1CC1)C(CN)c1ccc(F)c(C(F)(F)F)c1. The molecule has 1 unspecified atom stereocenters. The van der Waals surface area contributed by atoms with E-state index in [0.29, 0.717) is 11.5 Å². The molecule has 2 rings (SSSR count). The zero-order valence-corrected chi connectivity index (χ0v) is 11.3. The predicted molar refractivity (Wildman–Crippen MR) is 68.6 cm³/mol. The number of hydrogen-bond acceptors (Lipinski definition) is 2. The highest BCUT2D eigenvalue weighted by atomic mass is 19.4. The molecule has 0 aliphatic heterocycles. The maximum absolute atomic E-state index is 13.3. The summed E-state index contributed by atoms with van der Waals surface area (Å²) in [6, 6.07) is 2.80. The Bertz CT molecular complexity index is 469. The molecule has 1 aliphatic carbocycles. The molecule has 112 valence electrons. The molecule has 1 atom stereocenters. The van der Waals surface area contributed by atoms with E-state index in [4.69, 9.17) is 5.73 Å². The lowest BCUT2D eigenvalue weighted by molar-refractivity contribution is -0.140. The second-order valence-electron chi connectivity index (χ2n) is 5.37. The van der Waals surface area contributed by atoms with Gasteiger partial charge in [-0.2, -0.15) is 13.2 Å². The van der Waals surface area contributed by atoms with Crippen molar-refractivity contribution < 1.29 is 17.6 Å². The second kappa shape index (κ2) is 5.69. The van der Waals surface area contributed by atoms with Crippen molar-refractivity contribution in [2.24, 2.45) is 11.7 Å². The molecule has 0 amide bonds. The van der Waals surface area contributed by atoms with Gasteiger partial charge in [0.25, 0.3) is 0 Å². The number of hydrogen-bond donors (Lipinski definition) is 1. The van der Waals surface area contributed by atoms with Crippen LogP contribution in [0.2, 0.25) is 0 Å². The minimum Gasteiger partial charge on any atom is -0.329 e. The van der Waals surface area contributed by atoms with Gasteiger partial charge in [0.1, 0.15) is 5.82 Å². The Morgan fingerprint density at radius 1 is 1.35 bits per heavy atom.